The number of nitrogens with one attached hydrogen (secondary N) is 1. The van der Waals surface area contributed by atoms with Gasteiger partial charge in [-0.15, -0.1) is 11.3 Å². The van der Waals surface area contributed by atoms with Crippen LogP contribution in [0.5, 0.6) is 0 Å². The smallest absolute Gasteiger partial charge is 0.358 e. The molecule has 0 amide bonds. The molecule has 0 saturated carbocycles. The minimum absolute atomic E-state index is 0.0225. The summed E-state index contributed by atoms with van der Waals surface area (Å²) < 4.78 is 35.8. The van der Waals surface area contributed by atoms with E-state index in [1.165, 1.54) is 12.6 Å². The number of sulfonamides is 1. The molecule has 0 aromatic carbocycles. The molecule has 108 valence electrons. The number of esters is 1. The molecule has 0 fully saturated rings. The normalized spacial score (nSPS) is 13.2. The molecule has 1 N–H and O–H groups in total. The number of hydrogen-bond acceptors (Lipinski definition) is 7. The van der Waals surface area contributed by atoms with E-state index in [1.54, 1.807) is 7.11 Å². The Labute approximate surface area is 116 Å². The molecule has 1 atom stereocenters. The number of ether oxygens (including phenoxy) is 2. The maximum Gasteiger partial charge on any atom is 0.358 e. The number of rotatable bonds is 7. The molecular formula is C10H16N2O5S2. The van der Waals surface area contributed by atoms with Gasteiger partial charge in [-0.3, -0.25) is 0 Å². The van der Waals surface area contributed by atoms with Crippen molar-refractivity contribution < 1.29 is 22.7 Å². The first-order valence-electron chi connectivity index (χ1n) is 5.42. The van der Waals surface area contributed by atoms with Gasteiger partial charge < -0.3 is 9.47 Å². The van der Waals surface area contributed by atoms with Crippen LogP contribution in [0.3, 0.4) is 0 Å². The summed E-state index contributed by atoms with van der Waals surface area (Å²) in [6.07, 6.45) is 0. The van der Waals surface area contributed by atoms with Gasteiger partial charge >= 0.3 is 5.97 Å². The van der Waals surface area contributed by atoms with Crippen LogP contribution in [0.1, 0.15) is 17.4 Å². The van der Waals surface area contributed by atoms with Crippen molar-refractivity contribution in [3.8, 4) is 0 Å². The number of carbonyl (C=O) groups excluding carboxylic acids is 1. The Morgan fingerprint density at radius 1 is 1.53 bits per heavy atom. The van der Waals surface area contributed by atoms with Crippen LogP contribution in [0.2, 0.25) is 0 Å². The van der Waals surface area contributed by atoms with Gasteiger partial charge in [-0.2, -0.15) is 0 Å². The van der Waals surface area contributed by atoms with Crippen LogP contribution in [-0.4, -0.2) is 46.7 Å². The van der Waals surface area contributed by atoms with Crippen LogP contribution < -0.4 is 4.72 Å². The maximum absolute atomic E-state index is 12.1. The number of hydrogen-bond donors (Lipinski definition) is 1. The van der Waals surface area contributed by atoms with E-state index < -0.39 is 16.0 Å². The standard InChI is InChI=1S/C10H16N2O5S2/c1-7(5-16-2)4-12-19(14,15)10-8(9(13)17-3)11-6-18-10/h6-7,12H,4-5H2,1-3H3. The van der Waals surface area contributed by atoms with Crippen molar-refractivity contribution in [3.63, 3.8) is 0 Å². The average molecular weight is 308 g/mol. The summed E-state index contributed by atoms with van der Waals surface area (Å²) in [4.78, 5) is 15.1. The number of nitrogens with zero attached hydrogens (tertiary/aromatic N) is 1. The molecule has 1 rings (SSSR count). The van der Waals surface area contributed by atoms with Gasteiger partial charge in [0.05, 0.1) is 12.6 Å². The van der Waals surface area contributed by atoms with Gasteiger partial charge in [0.25, 0.3) is 10.0 Å². The lowest BCUT2D eigenvalue weighted by Gasteiger charge is -2.11. The van der Waals surface area contributed by atoms with Crippen molar-refractivity contribution in [3.05, 3.63) is 11.2 Å². The molecule has 1 aromatic rings. The van der Waals surface area contributed by atoms with Crippen LogP contribution in [0.15, 0.2) is 9.72 Å². The summed E-state index contributed by atoms with van der Waals surface area (Å²) in [6, 6.07) is 0. The number of thiazole rings is 1. The fourth-order valence-corrected chi connectivity index (χ4v) is 3.66. The molecule has 0 aliphatic heterocycles. The van der Waals surface area contributed by atoms with Crippen molar-refractivity contribution in [2.45, 2.75) is 11.1 Å². The van der Waals surface area contributed by atoms with Crippen molar-refractivity contribution in [1.82, 2.24) is 9.71 Å². The topological polar surface area (TPSA) is 94.6 Å². The summed E-state index contributed by atoms with van der Waals surface area (Å²) in [5.74, 6) is -0.749. The van der Waals surface area contributed by atoms with Gasteiger partial charge in [0.2, 0.25) is 0 Å². The molecule has 1 unspecified atom stereocenters. The zero-order valence-corrected chi connectivity index (χ0v) is 12.5. The second-order valence-corrected chi connectivity index (χ2v) is 6.71. The lowest BCUT2D eigenvalue weighted by molar-refractivity contribution is 0.0590. The number of carbonyl (C=O) groups is 1. The van der Waals surface area contributed by atoms with Gasteiger partial charge in [0.1, 0.15) is 0 Å². The molecule has 0 saturated heterocycles. The third-order valence-corrected chi connectivity index (χ3v) is 5.02. The lowest BCUT2D eigenvalue weighted by Crippen LogP contribution is -2.30. The Balaban J connectivity index is 2.83. The first kappa shape index (κ1) is 16.0. The predicted octanol–water partition coefficient (Wildman–Crippen LogP) is 0.491. The highest BCUT2D eigenvalue weighted by Crippen LogP contribution is 2.20. The molecule has 0 aliphatic rings. The van der Waals surface area contributed by atoms with Gasteiger partial charge in [-0.1, -0.05) is 6.92 Å². The van der Waals surface area contributed by atoms with Crippen LogP contribution in [0.25, 0.3) is 0 Å². The second kappa shape index (κ2) is 6.94. The Morgan fingerprint density at radius 2 is 2.21 bits per heavy atom. The van der Waals surface area contributed by atoms with Crippen molar-refractivity contribution in [1.29, 1.82) is 0 Å². The van der Waals surface area contributed by atoms with Crippen molar-refractivity contribution in [2.24, 2.45) is 5.92 Å². The fraction of sp³-hybridized carbons (Fsp3) is 0.600. The van der Waals surface area contributed by atoms with E-state index in [4.69, 9.17) is 4.74 Å². The number of methoxy groups -OCH3 is 2. The molecule has 19 heavy (non-hydrogen) atoms. The second-order valence-electron chi connectivity index (χ2n) is 3.89. The highest BCUT2D eigenvalue weighted by molar-refractivity contribution is 7.91. The minimum Gasteiger partial charge on any atom is -0.464 e. The minimum atomic E-state index is -3.77. The third kappa shape index (κ3) is 4.23. The summed E-state index contributed by atoms with van der Waals surface area (Å²) in [7, 11) is -1.05. The molecule has 9 heteroatoms. The molecular weight excluding hydrogens is 292 g/mol. The van der Waals surface area contributed by atoms with E-state index >= 15 is 0 Å². The quantitative estimate of drug-likeness (QED) is 0.737. The van der Waals surface area contributed by atoms with Gasteiger partial charge in [-0.25, -0.2) is 22.9 Å². The highest BCUT2D eigenvalue weighted by Gasteiger charge is 2.26. The molecule has 0 radical (unpaired) electrons. The third-order valence-electron chi connectivity index (χ3n) is 2.23. The van der Waals surface area contributed by atoms with Gasteiger partial charge in [0, 0.05) is 20.3 Å². The molecule has 7 nitrogen and oxygen atoms in total. The molecule has 1 heterocycles. The van der Waals surface area contributed by atoms with E-state index in [-0.39, 0.29) is 22.4 Å². The molecule has 1 aromatic heterocycles. The fourth-order valence-electron chi connectivity index (χ4n) is 1.32. The van der Waals surface area contributed by atoms with E-state index in [0.29, 0.717) is 6.61 Å². The average Bonchev–Trinajstić information content (AvgIpc) is 2.86. The van der Waals surface area contributed by atoms with Crippen LogP contribution in [-0.2, 0) is 19.5 Å². The van der Waals surface area contributed by atoms with Gasteiger partial charge in [0.15, 0.2) is 9.90 Å². The Kier molecular flexibility index (Phi) is 5.85. The summed E-state index contributed by atoms with van der Waals surface area (Å²) in [5, 5.41) is 0. The number of aromatic nitrogens is 1. The summed E-state index contributed by atoms with van der Waals surface area (Å²) in [6.45, 7) is 2.50. The van der Waals surface area contributed by atoms with E-state index in [9.17, 15) is 13.2 Å². The molecule has 0 aliphatic carbocycles. The first-order valence-corrected chi connectivity index (χ1v) is 7.79. The van der Waals surface area contributed by atoms with Crippen molar-refractivity contribution in [2.75, 3.05) is 27.4 Å². The zero-order valence-electron chi connectivity index (χ0n) is 10.9. The SMILES string of the molecule is COCC(C)CNS(=O)(=O)c1scnc1C(=O)OC. The predicted molar refractivity (Wildman–Crippen MR) is 69.7 cm³/mol. The molecule has 0 bridgehead atoms. The van der Waals surface area contributed by atoms with Crippen LogP contribution in [0, 0.1) is 5.92 Å². The Hall–Kier alpha value is -1.03. The lowest BCUT2D eigenvalue weighted by atomic mass is 10.2. The van der Waals surface area contributed by atoms with E-state index in [2.05, 4.69) is 14.4 Å². The summed E-state index contributed by atoms with van der Waals surface area (Å²) in [5.41, 5.74) is 1.10. The summed E-state index contributed by atoms with van der Waals surface area (Å²) >= 11 is 0.872. The van der Waals surface area contributed by atoms with Crippen LogP contribution >= 0.6 is 11.3 Å². The van der Waals surface area contributed by atoms with E-state index in [0.717, 1.165) is 11.3 Å². The maximum atomic E-state index is 12.1. The first-order chi connectivity index (χ1) is 8.92. The van der Waals surface area contributed by atoms with Crippen LogP contribution in [0.4, 0.5) is 0 Å². The van der Waals surface area contributed by atoms with Crippen molar-refractivity contribution >= 4 is 27.3 Å². The highest BCUT2D eigenvalue weighted by atomic mass is 32.2. The van der Waals surface area contributed by atoms with E-state index in [1.807, 2.05) is 6.92 Å². The monoisotopic (exact) mass is 308 g/mol. The Bertz CT molecular complexity index is 526. The molecule has 0 spiro atoms. The Morgan fingerprint density at radius 3 is 2.79 bits per heavy atom. The largest absolute Gasteiger partial charge is 0.464 e. The zero-order chi connectivity index (χ0) is 14.5. The van der Waals surface area contributed by atoms with Gasteiger partial charge in [-0.05, 0) is 5.92 Å².